The Bertz CT molecular complexity index is 603. The van der Waals surface area contributed by atoms with Gasteiger partial charge in [-0.25, -0.2) is 0 Å². The number of hydrogen-bond acceptors (Lipinski definition) is 12. The van der Waals surface area contributed by atoms with Gasteiger partial charge in [0.15, 0.2) is 0 Å². The van der Waals surface area contributed by atoms with E-state index in [-0.39, 0.29) is 37.9 Å². The molecule has 0 aromatic heterocycles. The van der Waals surface area contributed by atoms with Gasteiger partial charge in [-0.2, -0.15) is 0 Å². The summed E-state index contributed by atoms with van der Waals surface area (Å²) in [5.41, 5.74) is -1.40. The van der Waals surface area contributed by atoms with E-state index in [0.717, 1.165) is 0 Å². The van der Waals surface area contributed by atoms with Crippen LogP contribution >= 0.6 is 0 Å². The number of hydrogen-bond donors (Lipinski definition) is 0. The normalized spacial score (nSPS) is 11.4. The van der Waals surface area contributed by atoms with E-state index in [1.165, 1.54) is 0 Å². The molecule has 0 bridgehead atoms. The van der Waals surface area contributed by atoms with Crippen molar-refractivity contribution in [1.29, 1.82) is 0 Å². The van der Waals surface area contributed by atoms with Gasteiger partial charge in [0.2, 0.25) is 11.5 Å². The third kappa shape index (κ3) is 14.6. The molecule has 0 unspecified atom stereocenters. The van der Waals surface area contributed by atoms with E-state index in [2.05, 4.69) is 0 Å². The zero-order chi connectivity index (χ0) is 24.7. The fraction of sp³-hybridized carbons (Fsp3) is 0.818. The number of methoxy groups -OCH3 is 2. The number of rotatable bonds is 26. The highest BCUT2D eigenvalue weighted by molar-refractivity contribution is 5.45. The summed E-state index contributed by atoms with van der Waals surface area (Å²) in [6.45, 7) is 6.37. The van der Waals surface area contributed by atoms with Gasteiger partial charge in [-0.05, 0) is 0 Å². The molecule has 0 aliphatic carbocycles. The largest absolute Gasteiger partial charge is 0.484 e. The molecule has 0 atom stereocenters. The molecule has 12 heteroatoms. The summed E-state index contributed by atoms with van der Waals surface area (Å²) < 4.78 is 52.3. The van der Waals surface area contributed by atoms with Crippen molar-refractivity contribution in [2.75, 3.05) is 120 Å². The molecule has 1 rings (SSSR count). The van der Waals surface area contributed by atoms with Crippen molar-refractivity contribution in [1.82, 2.24) is 0 Å². The van der Waals surface area contributed by atoms with Crippen LogP contribution in [-0.4, -0.2) is 120 Å². The van der Waals surface area contributed by atoms with Gasteiger partial charge in [-0.1, -0.05) is 0 Å². The average molecular weight is 495 g/mol. The van der Waals surface area contributed by atoms with Gasteiger partial charge in [-0.15, -0.1) is 0 Å². The zero-order valence-electron chi connectivity index (χ0n) is 20.2. The summed E-state index contributed by atoms with van der Waals surface area (Å²) in [7, 11) is 3.23. The maximum Gasteiger partial charge on any atom is 0.275 e. The third-order valence-electron chi connectivity index (χ3n) is 4.12. The maximum absolute atomic E-state index is 11.7. The Kier molecular flexibility index (Phi) is 19.5. The SMILES string of the molecule is COCCOCCOCCOCCOc1c(OCCOCCOCCOCCOC)c(=O)c1=O. The van der Waals surface area contributed by atoms with Gasteiger partial charge in [0, 0.05) is 14.2 Å². The van der Waals surface area contributed by atoms with E-state index in [9.17, 15) is 9.59 Å². The lowest BCUT2D eigenvalue weighted by Crippen LogP contribution is -2.35. The van der Waals surface area contributed by atoms with Crippen molar-refractivity contribution in [2.24, 2.45) is 0 Å². The lowest BCUT2D eigenvalue weighted by atomic mass is 10.2. The molecule has 0 radical (unpaired) electrons. The van der Waals surface area contributed by atoms with Crippen LogP contribution in [0.2, 0.25) is 0 Å². The Hall–Kier alpha value is -1.64. The zero-order valence-corrected chi connectivity index (χ0v) is 20.2. The van der Waals surface area contributed by atoms with Crippen LogP contribution in [0, 0.1) is 0 Å². The van der Waals surface area contributed by atoms with Gasteiger partial charge in [0.1, 0.15) is 13.2 Å². The molecule has 0 aliphatic heterocycles. The van der Waals surface area contributed by atoms with Gasteiger partial charge in [-0.3, -0.25) is 9.59 Å². The summed E-state index contributed by atoms with van der Waals surface area (Å²) in [5, 5.41) is 0. The molecule has 0 spiro atoms. The first-order valence-electron chi connectivity index (χ1n) is 11.3. The second-order valence-corrected chi connectivity index (χ2v) is 6.67. The minimum atomic E-state index is -0.700. The maximum atomic E-state index is 11.7. The van der Waals surface area contributed by atoms with Crippen molar-refractivity contribution in [2.45, 2.75) is 0 Å². The lowest BCUT2D eigenvalue weighted by molar-refractivity contribution is -0.00113. The fourth-order valence-electron chi connectivity index (χ4n) is 2.39. The molecule has 12 nitrogen and oxygen atoms in total. The Morgan fingerprint density at radius 3 is 0.882 bits per heavy atom. The summed E-state index contributed by atoms with van der Waals surface area (Å²) >= 11 is 0. The summed E-state index contributed by atoms with van der Waals surface area (Å²) in [6, 6.07) is 0. The highest BCUT2D eigenvalue weighted by atomic mass is 16.6. The Labute approximate surface area is 199 Å². The molecule has 0 aliphatic rings. The summed E-state index contributed by atoms with van der Waals surface area (Å²) in [6.07, 6.45) is 0. The number of ether oxygens (including phenoxy) is 10. The van der Waals surface area contributed by atoms with Crippen molar-refractivity contribution >= 4 is 0 Å². The molecule has 0 heterocycles. The lowest BCUT2D eigenvalue weighted by Gasteiger charge is -2.13. The molecule has 0 saturated carbocycles. The second-order valence-electron chi connectivity index (χ2n) is 6.67. The summed E-state index contributed by atoms with van der Waals surface area (Å²) in [4.78, 5) is 23.3. The van der Waals surface area contributed by atoms with Gasteiger partial charge in [0.05, 0.1) is 92.5 Å². The van der Waals surface area contributed by atoms with Crippen molar-refractivity contribution in [3.05, 3.63) is 20.4 Å². The molecule has 0 saturated heterocycles. The van der Waals surface area contributed by atoms with Crippen LogP contribution in [-0.2, 0) is 37.9 Å². The van der Waals surface area contributed by atoms with Gasteiger partial charge >= 0.3 is 0 Å². The quantitative estimate of drug-likeness (QED) is 0.121. The highest BCUT2D eigenvalue weighted by Gasteiger charge is 2.24. The molecule has 0 N–H and O–H groups in total. The van der Waals surface area contributed by atoms with Crippen LogP contribution < -0.4 is 20.3 Å². The van der Waals surface area contributed by atoms with E-state index in [0.29, 0.717) is 79.3 Å². The van der Waals surface area contributed by atoms with Crippen LogP contribution in [0.5, 0.6) is 11.5 Å². The predicted molar refractivity (Wildman–Crippen MR) is 121 cm³/mol. The molecule has 0 amide bonds. The standard InChI is InChI=1S/C22H38O12/c1-25-3-5-27-7-9-29-11-13-31-15-17-33-21-19(23)20(24)22(21)34-18-16-32-14-12-30-10-8-28-6-4-26-2/h3-18H2,1-2H3. The Morgan fingerprint density at radius 2 is 0.618 bits per heavy atom. The summed E-state index contributed by atoms with van der Waals surface area (Å²) in [5.74, 6) is -0.148. The Balaban J connectivity index is 1.97. The smallest absolute Gasteiger partial charge is 0.275 e. The van der Waals surface area contributed by atoms with Crippen LogP contribution in [0.25, 0.3) is 0 Å². The molecule has 1 aromatic carbocycles. The van der Waals surface area contributed by atoms with E-state index < -0.39 is 10.9 Å². The van der Waals surface area contributed by atoms with E-state index in [1.54, 1.807) is 14.2 Å². The second kappa shape index (κ2) is 21.9. The highest BCUT2D eigenvalue weighted by Crippen LogP contribution is 2.19. The minimum Gasteiger partial charge on any atom is -0.484 e. The van der Waals surface area contributed by atoms with Crippen LogP contribution in [0.15, 0.2) is 9.59 Å². The van der Waals surface area contributed by atoms with E-state index in [1.807, 2.05) is 0 Å². The molecular formula is C22H38O12. The monoisotopic (exact) mass is 494 g/mol. The van der Waals surface area contributed by atoms with Gasteiger partial charge in [0.25, 0.3) is 10.9 Å². The average Bonchev–Trinajstić information content (AvgIpc) is 2.85. The van der Waals surface area contributed by atoms with Crippen LogP contribution in [0.4, 0.5) is 0 Å². The van der Waals surface area contributed by atoms with E-state index >= 15 is 0 Å². The first-order chi connectivity index (χ1) is 16.7. The van der Waals surface area contributed by atoms with Gasteiger partial charge < -0.3 is 47.4 Å². The fourth-order valence-corrected chi connectivity index (χ4v) is 2.39. The van der Waals surface area contributed by atoms with Crippen molar-refractivity contribution in [3.63, 3.8) is 0 Å². The topological polar surface area (TPSA) is 126 Å². The predicted octanol–water partition coefficient (Wildman–Crippen LogP) is -0.567. The molecular weight excluding hydrogens is 456 g/mol. The molecule has 1 aromatic rings. The molecule has 198 valence electrons. The van der Waals surface area contributed by atoms with Crippen molar-refractivity contribution in [3.8, 4) is 11.5 Å². The van der Waals surface area contributed by atoms with Crippen LogP contribution in [0.1, 0.15) is 0 Å². The van der Waals surface area contributed by atoms with E-state index in [4.69, 9.17) is 47.4 Å². The molecule has 0 fully saturated rings. The third-order valence-corrected chi connectivity index (χ3v) is 4.12. The first kappa shape index (κ1) is 30.4. The molecule has 34 heavy (non-hydrogen) atoms. The first-order valence-corrected chi connectivity index (χ1v) is 11.3. The van der Waals surface area contributed by atoms with Crippen LogP contribution in [0.3, 0.4) is 0 Å². The van der Waals surface area contributed by atoms with Crippen molar-refractivity contribution < 1.29 is 47.4 Å². The Morgan fingerprint density at radius 1 is 0.382 bits per heavy atom. The minimum absolute atomic E-state index is 0.0742.